The van der Waals surface area contributed by atoms with E-state index in [1.54, 1.807) is 18.3 Å². The smallest absolute Gasteiger partial charge is 0.224 e. The number of nitrogens with two attached hydrogens (primary N) is 1. The molecule has 1 unspecified atom stereocenters. The maximum atomic E-state index is 13.4. The van der Waals surface area contributed by atoms with E-state index in [2.05, 4.69) is 10.3 Å². The number of fused-ring (bicyclic) bond motifs is 1. The first kappa shape index (κ1) is 12.6. The molecule has 2 rings (SSSR count). The van der Waals surface area contributed by atoms with Crippen LogP contribution in [0.3, 0.4) is 0 Å². The number of aromatic amines is 1. The van der Waals surface area contributed by atoms with Gasteiger partial charge in [0.25, 0.3) is 0 Å². The Morgan fingerprint density at radius 1 is 1.56 bits per heavy atom. The molecule has 0 fully saturated rings. The van der Waals surface area contributed by atoms with E-state index in [4.69, 9.17) is 5.73 Å². The number of para-hydroxylation sites is 1. The molecule has 2 aromatic rings. The molecule has 0 saturated carbocycles. The lowest BCUT2D eigenvalue weighted by Crippen LogP contribution is -2.35. The predicted molar refractivity (Wildman–Crippen MR) is 68.6 cm³/mol. The molecule has 4 N–H and O–H groups in total. The fourth-order valence-electron chi connectivity index (χ4n) is 1.83. The van der Waals surface area contributed by atoms with Crippen molar-refractivity contribution in [1.29, 1.82) is 0 Å². The normalized spacial score (nSPS) is 12.6. The minimum absolute atomic E-state index is 0.0747. The molecule has 1 atom stereocenters. The molecule has 5 heteroatoms. The Hall–Kier alpha value is -1.88. The van der Waals surface area contributed by atoms with E-state index in [0.717, 1.165) is 10.9 Å². The highest BCUT2D eigenvalue weighted by Gasteiger charge is 2.10. The Balaban J connectivity index is 2.12. The van der Waals surface area contributed by atoms with Crippen molar-refractivity contribution in [3.63, 3.8) is 0 Å². The van der Waals surface area contributed by atoms with Gasteiger partial charge in [-0.3, -0.25) is 4.79 Å². The van der Waals surface area contributed by atoms with Crippen molar-refractivity contribution in [1.82, 2.24) is 10.3 Å². The van der Waals surface area contributed by atoms with Gasteiger partial charge in [-0.15, -0.1) is 0 Å². The highest BCUT2D eigenvalue weighted by molar-refractivity contribution is 5.89. The molecule has 1 aromatic heterocycles. The summed E-state index contributed by atoms with van der Waals surface area (Å²) in [6.45, 7) is 2.26. The number of amides is 1. The molecular weight excluding hydrogens is 233 g/mol. The van der Waals surface area contributed by atoms with Gasteiger partial charge in [0, 0.05) is 24.2 Å². The maximum absolute atomic E-state index is 13.4. The largest absolute Gasteiger partial charge is 0.359 e. The number of nitrogens with one attached hydrogen (secondary N) is 2. The van der Waals surface area contributed by atoms with Crippen LogP contribution in [0.15, 0.2) is 24.4 Å². The van der Waals surface area contributed by atoms with Crippen molar-refractivity contribution in [2.45, 2.75) is 19.4 Å². The Morgan fingerprint density at radius 2 is 2.33 bits per heavy atom. The van der Waals surface area contributed by atoms with Crippen LogP contribution < -0.4 is 11.1 Å². The molecule has 0 bridgehead atoms. The molecular formula is C13H16FN3O. The monoisotopic (exact) mass is 249 g/mol. The Labute approximate surface area is 104 Å². The van der Waals surface area contributed by atoms with Crippen molar-refractivity contribution < 1.29 is 9.18 Å². The van der Waals surface area contributed by atoms with Gasteiger partial charge in [-0.2, -0.15) is 0 Å². The van der Waals surface area contributed by atoms with Gasteiger partial charge in [-0.25, -0.2) is 4.39 Å². The highest BCUT2D eigenvalue weighted by atomic mass is 19.1. The number of carbonyl (C=O) groups is 1. The van der Waals surface area contributed by atoms with Gasteiger partial charge in [0.1, 0.15) is 5.82 Å². The van der Waals surface area contributed by atoms with Crippen LogP contribution in [0.1, 0.15) is 12.5 Å². The lowest BCUT2D eigenvalue weighted by Gasteiger charge is -2.07. The average Bonchev–Trinajstić information content (AvgIpc) is 2.72. The minimum atomic E-state index is -0.310. The van der Waals surface area contributed by atoms with E-state index in [0.29, 0.717) is 12.1 Å². The zero-order valence-electron chi connectivity index (χ0n) is 10.2. The molecule has 1 amide bonds. The minimum Gasteiger partial charge on any atom is -0.359 e. The van der Waals surface area contributed by atoms with Gasteiger partial charge in [0.2, 0.25) is 5.91 Å². The summed E-state index contributed by atoms with van der Waals surface area (Å²) in [5.41, 5.74) is 6.78. The van der Waals surface area contributed by atoms with Crippen molar-refractivity contribution >= 4 is 16.8 Å². The van der Waals surface area contributed by atoms with Crippen molar-refractivity contribution in [3.8, 4) is 0 Å². The molecule has 18 heavy (non-hydrogen) atoms. The molecule has 0 aliphatic carbocycles. The summed E-state index contributed by atoms with van der Waals surface area (Å²) in [6.07, 6.45) is 1.88. The summed E-state index contributed by atoms with van der Waals surface area (Å²) < 4.78 is 13.4. The summed E-state index contributed by atoms with van der Waals surface area (Å²) in [5.74, 6) is -0.424. The lowest BCUT2D eigenvalue weighted by atomic mass is 10.1. The first-order chi connectivity index (χ1) is 8.58. The first-order valence-electron chi connectivity index (χ1n) is 5.84. The molecule has 0 saturated heterocycles. The van der Waals surface area contributed by atoms with E-state index in [1.807, 2.05) is 6.92 Å². The maximum Gasteiger partial charge on any atom is 0.224 e. The van der Waals surface area contributed by atoms with E-state index < -0.39 is 0 Å². The third-order valence-corrected chi connectivity index (χ3v) is 2.72. The number of benzene rings is 1. The second-order valence-corrected chi connectivity index (χ2v) is 4.43. The van der Waals surface area contributed by atoms with Crippen molar-refractivity contribution in [2.24, 2.45) is 5.73 Å². The third-order valence-electron chi connectivity index (χ3n) is 2.72. The summed E-state index contributed by atoms with van der Waals surface area (Å²) in [6, 6.07) is 4.74. The van der Waals surface area contributed by atoms with Gasteiger partial charge in [0.05, 0.1) is 11.9 Å². The van der Waals surface area contributed by atoms with Crippen LogP contribution in [0.25, 0.3) is 10.9 Å². The number of rotatable bonds is 4. The van der Waals surface area contributed by atoms with Crippen LogP contribution >= 0.6 is 0 Å². The van der Waals surface area contributed by atoms with E-state index in [9.17, 15) is 9.18 Å². The van der Waals surface area contributed by atoms with Gasteiger partial charge in [0.15, 0.2) is 0 Å². The Bertz CT molecular complexity index is 562. The molecule has 1 heterocycles. The third kappa shape index (κ3) is 2.68. The zero-order valence-corrected chi connectivity index (χ0v) is 10.2. The SMILES string of the molecule is CC(N)CNC(=O)Cc1c[nH]c2c(F)cccc12. The number of halogens is 1. The van der Waals surface area contributed by atoms with Crippen LogP contribution in [0.2, 0.25) is 0 Å². The Kier molecular flexibility index (Phi) is 3.62. The standard InChI is InChI=1S/C13H16FN3O/c1-8(15)6-16-12(18)5-9-7-17-13-10(9)3-2-4-11(13)14/h2-4,7-8,17H,5-6,15H2,1H3,(H,16,18). The molecule has 96 valence electrons. The first-order valence-corrected chi connectivity index (χ1v) is 5.84. The molecule has 0 aliphatic rings. The van der Waals surface area contributed by atoms with Gasteiger partial charge >= 0.3 is 0 Å². The van der Waals surface area contributed by atoms with Crippen LogP contribution in [-0.2, 0) is 11.2 Å². The van der Waals surface area contributed by atoms with Gasteiger partial charge in [-0.1, -0.05) is 12.1 Å². The molecule has 4 nitrogen and oxygen atoms in total. The van der Waals surface area contributed by atoms with E-state index in [-0.39, 0.29) is 24.2 Å². The summed E-state index contributed by atoms with van der Waals surface area (Å²) in [7, 11) is 0. The highest BCUT2D eigenvalue weighted by Crippen LogP contribution is 2.20. The number of aromatic nitrogens is 1. The second kappa shape index (κ2) is 5.18. The van der Waals surface area contributed by atoms with Crippen molar-refractivity contribution in [3.05, 3.63) is 35.8 Å². The zero-order chi connectivity index (χ0) is 13.1. The fourth-order valence-corrected chi connectivity index (χ4v) is 1.83. The average molecular weight is 249 g/mol. The van der Waals surface area contributed by atoms with Crippen LogP contribution in [0.5, 0.6) is 0 Å². The topological polar surface area (TPSA) is 70.9 Å². The summed E-state index contributed by atoms with van der Waals surface area (Å²) in [4.78, 5) is 14.5. The second-order valence-electron chi connectivity index (χ2n) is 4.43. The van der Waals surface area contributed by atoms with Gasteiger partial charge < -0.3 is 16.0 Å². The Morgan fingerprint density at radius 3 is 3.06 bits per heavy atom. The van der Waals surface area contributed by atoms with Gasteiger partial charge in [-0.05, 0) is 18.6 Å². The number of hydrogen-bond acceptors (Lipinski definition) is 2. The van der Waals surface area contributed by atoms with Crippen LogP contribution in [0.4, 0.5) is 4.39 Å². The van der Waals surface area contributed by atoms with E-state index >= 15 is 0 Å². The summed E-state index contributed by atoms with van der Waals surface area (Å²) in [5, 5.41) is 3.47. The quantitative estimate of drug-likeness (QED) is 0.764. The van der Waals surface area contributed by atoms with E-state index in [1.165, 1.54) is 6.07 Å². The summed E-state index contributed by atoms with van der Waals surface area (Å²) >= 11 is 0. The molecule has 0 spiro atoms. The van der Waals surface area contributed by atoms with Crippen LogP contribution in [-0.4, -0.2) is 23.5 Å². The molecule has 0 aliphatic heterocycles. The number of hydrogen-bond donors (Lipinski definition) is 3. The fraction of sp³-hybridized carbons (Fsp3) is 0.308. The lowest BCUT2D eigenvalue weighted by molar-refractivity contribution is -0.120. The molecule has 0 radical (unpaired) electrons. The molecule has 1 aromatic carbocycles. The number of H-pyrrole nitrogens is 1. The number of carbonyl (C=O) groups excluding carboxylic acids is 1. The van der Waals surface area contributed by atoms with Crippen molar-refractivity contribution in [2.75, 3.05) is 6.54 Å². The van der Waals surface area contributed by atoms with Crippen LogP contribution in [0, 0.1) is 5.82 Å². The predicted octanol–water partition coefficient (Wildman–Crippen LogP) is 1.31.